The third-order valence-electron chi connectivity index (χ3n) is 8.04. The Morgan fingerprint density at radius 2 is 1.68 bits per heavy atom. The number of urea groups is 1. The summed E-state index contributed by atoms with van der Waals surface area (Å²) in [5.74, 6) is -0.229. The van der Waals surface area contributed by atoms with Gasteiger partial charge < -0.3 is 15.0 Å². The first-order valence-electron chi connectivity index (χ1n) is 15.5. The molecule has 5 rings (SSSR count). The monoisotopic (exact) mass is 597 g/mol. The van der Waals surface area contributed by atoms with Crippen LogP contribution >= 0.6 is 0 Å². The number of fused-ring (bicyclic) bond motifs is 1. The number of H-pyrrole nitrogens is 1. The Morgan fingerprint density at radius 3 is 2.32 bits per heavy atom. The Balaban J connectivity index is 0.000000375. The van der Waals surface area contributed by atoms with Gasteiger partial charge >= 0.3 is 12.0 Å². The normalized spacial score (nSPS) is 13.6. The van der Waals surface area contributed by atoms with Crippen LogP contribution < -0.4 is 10.2 Å². The molecule has 0 spiro atoms. The zero-order valence-corrected chi connectivity index (χ0v) is 25.9. The summed E-state index contributed by atoms with van der Waals surface area (Å²) in [6, 6.07) is 19.1. The van der Waals surface area contributed by atoms with E-state index in [0.717, 1.165) is 42.5 Å². The Labute approximate surface area is 259 Å². The fraction of sp³-hybridized carbons (Fsp3) is 0.371. The summed E-state index contributed by atoms with van der Waals surface area (Å²) in [4.78, 5) is 47.9. The first-order valence-corrected chi connectivity index (χ1v) is 15.5. The molecule has 44 heavy (non-hydrogen) atoms. The lowest BCUT2D eigenvalue weighted by Crippen LogP contribution is -2.39. The summed E-state index contributed by atoms with van der Waals surface area (Å²) in [5.41, 5.74) is 4.79. The zero-order valence-electron chi connectivity index (χ0n) is 25.9. The SMILES string of the molecule is CCCCCN1CCC(c2c[nH]c3ccc(NC(=O)N(C(=O)CC)c4ccccc4)nc23)CC1.Cc1ccccc1C(=O)O. The summed E-state index contributed by atoms with van der Waals surface area (Å²) in [6.07, 6.45) is 8.36. The standard InChI is InChI=1S/C27H35N5O2.C8H8O2/c1-3-5-9-16-31-17-14-20(15-18-31)22-19-28-23-12-13-24(29-26(22)23)30-27(34)32(25(33)4-2)21-10-7-6-8-11-21;1-6-4-2-3-5-7(6)8(9)10/h6-8,10-13,19-20,28H,3-5,9,14-18H2,1-2H3,(H,29,30,34);2-5H,1H3,(H,9,10). The number of aromatic amines is 1. The maximum Gasteiger partial charge on any atom is 0.335 e. The van der Waals surface area contributed by atoms with Crippen molar-refractivity contribution in [2.45, 2.75) is 65.2 Å². The number of pyridine rings is 1. The van der Waals surface area contributed by atoms with Crippen LogP contribution in [0.4, 0.5) is 16.3 Å². The molecule has 0 bridgehead atoms. The average Bonchev–Trinajstić information content (AvgIpc) is 3.46. The van der Waals surface area contributed by atoms with Gasteiger partial charge in [0.2, 0.25) is 5.91 Å². The molecule has 0 saturated carbocycles. The van der Waals surface area contributed by atoms with Crippen LogP contribution in [0.2, 0.25) is 0 Å². The number of piperidine rings is 1. The molecular weight excluding hydrogens is 554 g/mol. The smallest absolute Gasteiger partial charge is 0.335 e. The van der Waals surface area contributed by atoms with E-state index in [1.807, 2.05) is 30.3 Å². The third kappa shape index (κ3) is 8.32. The molecule has 0 radical (unpaired) electrons. The fourth-order valence-electron chi connectivity index (χ4n) is 5.54. The Bertz CT molecular complexity index is 1540. The number of carboxylic acid groups (broad SMARTS) is 1. The minimum Gasteiger partial charge on any atom is -0.478 e. The molecule has 9 heteroatoms. The molecule has 2 aromatic heterocycles. The van der Waals surface area contributed by atoms with Crippen LogP contribution in [0, 0.1) is 6.92 Å². The van der Waals surface area contributed by atoms with Crippen molar-refractivity contribution in [3.8, 4) is 0 Å². The van der Waals surface area contributed by atoms with Gasteiger partial charge in [-0.25, -0.2) is 19.5 Å². The van der Waals surface area contributed by atoms with E-state index in [4.69, 9.17) is 10.1 Å². The van der Waals surface area contributed by atoms with Crippen LogP contribution in [0.15, 0.2) is 72.9 Å². The number of unbranched alkanes of at least 4 members (excludes halogenated alkanes) is 2. The highest BCUT2D eigenvalue weighted by Gasteiger charge is 2.25. The van der Waals surface area contributed by atoms with Crippen LogP contribution in [0.5, 0.6) is 0 Å². The minimum atomic E-state index is -0.863. The molecule has 3 heterocycles. The predicted octanol–water partition coefficient (Wildman–Crippen LogP) is 7.60. The van der Waals surface area contributed by atoms with E-state index in [1.54, 1.807) is 50.2 Å². The van der Waals surface area contributed by atoms with Crippen molar-refractivity contribution >= 4 is 40.4 Å². The molecule has 1 saturated heterocycles. The van der Waals surface area contributed by atoms with Crippen molar-refractivity contribution in [2.24, 2.45) is 0 Å². The van der Waals surface area contributed by atoms with Crippen LogP contribution in [0.3, 0.4) is 0 Å². The molecule has 1 fully saturated rings. The minimum absolute atomic E-state index is 0.230. The topological polar surface area (TPSA) is 119 Å². The number of imide groups is 1. The number of likely N-dealkylation sites (tertiary alicyclic amines) is 1. The van der Waals surface area contributed by atoms with E-state index >= 15 is 0 Å². The molecule has 1 aliphatic rings. The summed E-state index contributed by atoms with van der Waals surface area (Å²) in [7, 11) is 0. The predicted molar refractivity (Wildman–Crippen MR) is 175 cm³/mol. The zero-order chi connectivity index (χ0) is 31.5. The molecule has 2 aromatic carbocycles. The number of hydrogen-bond acceptors (Lipinski definition) is 5. The first-order chi connectivity index (χ1) is 21.3. The largest absolute Gasteiger partial charge is 0.478 e. The van der Waals surface area contributed by atoms with Gasteiger partial charge in [-0.15, -0.1) is 0 Å². The van der Waals surface area contributed by atoms with Crippen LogP contribution in [0.1, 0.15) is 79.8 Å². The second-order valence-corrected chi connectivity index (χ2v) is 11.1. The number of carbonyl (C=O) groups is 3. The highest BCUT2D eigenvalue weighted by Crippen LogP contribution is 2.33. The van der Waals surface area contributed by atoms with E-state index in [2.05, 4.69) is 28.3 Å². The number of amides is 3. The summed E-state index contributed by atoms with van der Waals surface area (Å²) < 4.78 is 0. The number of nitrogens with one attached hydrogen (secondary N) is 2. The van der Waals surface area contributed by atoms with Crippen LogP contribution in [-0.4, -0.2) is 57.5 Å². The molecule has 9 nitrogen and oxygen atoms in total. The van der Waals surface area contributed by atoms with Crippen molar-refractivity contribution in [1.29, 1.82) is 0 Å². The molecule has 3 amide bonds. The van der Waals surface area contributed by atoms with E-state index < -0.39 is 12.0 Å². The summed E-state index contributed by atoms with van der Waals surface area (Å²) in [6.45, 7) is 9.19. The molecule has 1 aliphatic heterocycles. The summed E-state index contributed by atoms with van der Waals surface area (Å²) in [5, 5.41) is 11.4. The van der Waals surface area contributed by atoms with Gasteiger partial charge in [-0.1, -0.05) is 63.1 Å². The van der Waals surface area contributed by atoms with Gasteiger partial charge in [-0.05, 0) is 93.2 Å². The van der Waals surface area contributed by atoms with Crippen molar-refractivity contribution < 1.29 is 19.5 Å². The lowest BCUT2D eigenvalue weighted by atomic mass is 9.90. The highest BCUT2D eigenvalue weighted by molar-refractivity contribution is 6.18. The molecule has 0 atom stereocenters. The van der Waals surface area contributed by atoms with Gasteiger partial charge in [0.15, 0.2) is 0 Å². The molecule has 4 aromatic rings. The summed E-state index contributed by atoms with van der Waals surface area (Å²) >= 11 is 0. The van der Waals surface area contributed by atoms with Crippen molar-refractivity contribution in [1.82, 2.24) is 14.9 Å². The number of carboxylic acids is 1. The molecule has 3 N–H and O–H groups in total. The molecule has 0 aliphatic carbocycles. The Kier molecular flexibility index (Phi) is 11.7. The number of aromatic carboxylic acids is 1. The van der Waals surface area contributed by atoms with Gasteiger partial charge in [0.05, 0.1) is 22.3 Å². The van der Waals surface area contributed by atoms with Gasteiger partial charge in [-0.2, -0.15) is 0 Å². The van der Waals surface area contributed by atoms with E-state index in [-0.39, 0.29) is 12.3 Å². The molecule has 0 unspecified atom stereocenters. The number of anilines is 2. The number of para-hydroxylation sites is 1. The average molecular weight is 598 g/mol. The number of carbonyl (C=O) groups excluding carboxylic acids is 2. The van der Waals surface area contributed by atoms with Gasteiger partial charge in [0.1, 0.15) is 5.82 Å². The number of aryl methyl sites for hydroxylation is 1. The van der Waals surface area contributed by atoms with Gasteiger partial charge in [0.25, 0.3) is 0 Å². The number of rotatable bonds is 9. The maximum absolute atomic E-state index is 13.1. The lowest BCUT2D eigenvalue weighted by molar-refractivity contribution is -0.117. The number of aromatic nitrogens is 2. The van der Waals surface area contributed by atoms with Gasteiger partial charge in [0, 0.05) is 12.6 Å². The second kappa shape index (κ2) is 15.8. The Hall–Kier alpha value is -4.50. The first kappa shape index (κ1) is 32.4. The fourth-order valence-corrected chi connectivity index (χ4v) is 5.54. The highest BCUT2D eigenvalue weighted by atomic mass is 16.4. The van der Waals surface area contributed by atoms with Crippen molar-refractivity contribution in [3.63, 3.8) is 0 Å². The van der Waals surface area contributed by atoms with E-state index in [0.29, 0.717) is 23.0 Å². The van der Waals surface area contributed by atoms with E-state index in [9.17, 15) is 14.4 Å². The Morgan fingerprint density at radius 1 is 0.977 bits per heavy atom. The van der Waals surface area contributed by atoms with Crippen LogP contribution in [0.25, 0.3) is 11.0 Å². The van der Waals surface area contributed by atoms with Crippen LogP contribution in [-0.2, 0) is 4.79 Å². The van der Waals surface area contributed by atoms with Crippen molar-refractivity contribution in [3.05, 3.63) is 89.6 Å². The second-order valence-electron chi connectivity index (χ2n) is 11.1. The lowest BCUT2D eigenvalue weighted by Gasteiger charge is -2.31. The van der Waals surface area contributed by atoms with E-state index in [1.165, 1.54) is 36.3 Å². The van der Waals surface area contributed by atoms with Gasteiger partial charge in [-0.3, -0.25) is 10.1 Å². The molecule has 232 valence electrons. The maximum atomic E-state index is 13.1. The quantitative estimate of drug-likeness (QED) is 0.171. The number of benzene rings is 2. The molecular formula is C35H43N5O4. The van der Waals surface area contributed by atoms with Crippen molar-refractivity contribution in [2.75, 3.05) is 29.9 Å². The third-order valence-corrected chi connectivity index (χ3v) is 8.04. The number of nitrogens with zero attached hydrogens (tertiary/aromatic N) is 3. The number of hydrogen-bond donors (Lipinski definition) is 3.